The van der Waals surface area contributed by atoms with E-state index in [-0.39, 0.29) is 23.2 Å². The Bertz CT molecular complexity index is 496. The van der Waals surface area contributed by atoms with Crippen molar-refractivity contribution in [2.45, 2.75) is 19.8 Å². The normalized spacial score (nSPS) is 11.9. The van der Waals surface area contributed by atoms with Gasteiger partial charge < -0.3 is 10.4 Å². The molecule has 0 spiro atoms. The van der Waals surface area contributed by atoms with Gasteiger partial charge in [0.15, 0.2) is 0 Å². The number of hydrogen-bond acceptors (Lipinski definition) is 5. The number of nitro groups is 1. The third kappa shape index (κ3) is 4.14. The number of hydrogen-bond donors (Lipinski definition) is 2. The monoisotopic (exact) mass is 301 g/mol. The van der Waals surface area contributed by atoms with Gasteiger partial charge in [-0.05, 0) is 18.4 Å². The quantitative estimate of drug-likeness (QED) is 0.454. The second-order valence-electron chi connectivity index (χ2n) is 4.25. The van der Waals surface area contributed by atoms with Crippen molar-refractivity contribution in [1.29, 1.82) is 0 Å². The molecule has 2 N–H and O–H groups in total. The summed E-state index contributed by atoms with van der Waals surface area (Å²) in [6, 6.07) is 1.26. The highest BCUT2D eigenvalue weighted by Gasteiger charge is 2.24. The van der Waals surface area contributed by atoms with Crippen LogP contribution in [0, 0.1) is 16.0 Å². The van der Waals surface area contributed by atoms with Crippen LogP contribution >= 0.6 is 11.6 Å². The molecule has 0 aromatic carbocycles. The average molecular weight is 302 g/mol. The molecule has 8 heteroatoms. The van der Waals surface area contributed by atoms with Gasteiger partial charge in [0.2, 0.25) is 5.15 Å². The van der Waals surface area contributed by atoms with E-state index in [0.717, 1.165) is 6.42 Å². The van der Waals surface area contributed by atoms with Crippen molar-refractivity contribution in [2.75, 3.05) is 13.2 Å². The molecule has 0 radical (unpaired) electrons. The molecule has 1 aromatic heterocycles. The molecular weight excluding hydrogens is 286 g/mol. The van der Waals surface area contributed by atoms with Crippen LogP contribution in [0.3, 0.4) is 0 Å². The first-order valence-corrected chi connectivity index (χ1v) is 6.57. The third-order valence-corrected chi connectivity index (χ3v) is 3.25. The summed E-state index contributed by atoms with van der Waals surface area (Å²) in [5, 5.41) is 22.1. The third-order valence-electron chi connectivity index (χ3n) is 2.97. The van der Waals surface area contributed by atoms with Gasteiger partial charge in [-0.2, -0.15) is 0 Å². The standard InChI is InChI=1S/C12H16ClN3O4/c1-2-8(4-6-17)7-15-12(18)9-3-5-14-11(13)10(9)16(19)20/h3,5,8,17H,2,4,6-7H2,1H3,(H,15,18). The summed E-state index contributed by atoms with van der Waals surface area (Å²) in [6.07, 6.45) is 2.60. The number of amides is 1. The first-order chi connectivity index (χ1) is 9.51. The van der Waals surface area contributed by atoms with Crippen LogP contribution in [0.15, 0.2) is 12.3 Å². The number of carbonyl (C=O) groups is 1. The summed E-state index contributed by atoms with van der Waals surface area (Å²) in [5.41, 5.74) is -0.615. The molecule has 1 rings (SSSR count). The number of nitrogens with zero attached hydrogens (tertiary/aromatic N) is 2. The van der Waals surface area contributed by atoms with Gasteiger partial charge in [0.1, 0.15) is 5.56 Å². The summed E-state index contributed by atoms with van der Waals surface area (Å²) in [4.78, 5) is 25.8. The lowest BCUT2D eigenvalue weighted by Crippen LogP contribution is -2.30. The Balaban J connectivity index is 2.83. The van der Waals surface area contributed by atoms with Gasteiger partial charge in [-0.3, -0.25) is 14.9 Å². The highest BCUT2D eigenvalue weighted by Crippen LogP contribution is 2.25. The fraction of sp³-hybridized carbons (Fsp3) is 0.500. The van der Waals surface area contributed by atoms with Crippen molar-refractivity contribution in [2.24, 2.45) is 5.92 Å². The van der Waals surface area contributed by atoms with E-state index in [1.807, 2.05) is 6.92 Å². The minimum absolute atomic E-state index is 0.0373. The molecule has 0 fully saturated rings. The number of rotatable bonds is 7. The summed E-state index contributed by atoms with van der Waals surface area (Å²) in [6.45, 7) is 2.32. The Morgan fingerprint density at radius 3 is 2.90 bits per heavy atom. The molecule has 1 unspecified atom stereocenters. The van der Waals surface area contributed by atoms with Crippen LogP contribution in [0.5, 0.6) is 0 Å². The summed E-state index contributed by atoms with van der Waals surface area (Å²) >= 11 is 5.64. The van der Waals surface area contributed by atoms with E-state index in [1.54, 1.807) is 0 Å². The summed E-state index contributed by atoms with van der Waals surface area (Å²) in [5.74, 6) is -0.447. The van der Waals surface area contributed by atoms with Crippen LogP contribution in [0.2, 0.25) is 5.15 Å². The van der Waals surface area contributed by atoms with E-state index < -0.39 is 16.5 Å². The van der Waals surface area contributed by atoms with Crippen molar-refractivity contribution in [3.05, 3.63) is 33.1 Å². The molecule has 20 heavy (non-hydrogen) atoms. The molecule has 1 atom stereocenters. The number of carbonyl (C=O) groups excluding carboxylic acids is 1. The molecule has 0 bridgehead atoms. The highest BCUT2D eigenvalue weighted by atomic mass is 35.5. The zero-order valence-corrected chi connectivity index (χ0v) is 11.8. The second-order valence-corrected chi connectivity index (χ2v) is 4.61. The Morgan fingerprint density at radius 2 is 2.35 bits per heavy atom. The number of aromatic nitrogens is 1. The van der Waals surface area contributed by atoms with Crippen LogP contribution in [0.25, 0.3) is 0 Å². The molecule has 1 aromatic rings. The maximum Gasteiger partial charge on any atom is 0.319 e. The van der Waals surface area contributed by atoms with E-state index in [9.17, 15) is 14.9 Å². The highest BCUT2D eigenvalue weighted by molar-refractivity contribution is 6.32. The van der Waals surface area contributed by atoms with Crippen LogP contribution in [-0.2, 0) is 0 Å². The van der Waals surface area contributed by atoms with Gasteiger partial charge in [0, 0.05) is 19.3 Å². The zero-order chi connectivity index (χ0) is 15.1. The predicted molar refractivity (Wildman–Crippen MR) is 73.7 cm³/mol. The molecule has 7 nitrogen and oxygen atoms in total. The fourth-order valence-electron chi connectivity index (χ4n) is 1.75. The zero-order valence-electron chi connectivity index (χ0n) is 11.0. The Labute approximate surface area is 121 Å². The minimum atomic E-state index is -0.727. The van der Waals surface area contributed by atoms with Gasteiger partial charge >= 0.3 is 5.69 Å². The van der Waals surface area contributed by atoms with Crippen LogP contribution in [-0.4, -0.2) is 34.1 Å². The maximum absolute atomic E-state index is 12.0. The van der Waals surface area contributed by atoms with E-state index in [4.69, 9.17) is 16.7 Å². The number of nitrogens with one attached hydrogen (secondary N) is 1. The van der Waals surface area contributed by atoms with E-state index in [1.165, 1.54) is 12.3 Å². The first-order valence-electron chi connectivity index (χ1n) is 6.19. The van der Waals surface area contributed by atoms with Crippen molar-refractivity contribution < 1.29 is 14.8 Å². The van der Waals surface area contributed by atoms with Crippen molar-refractivity contribution >= 4 is 23.2 Å². The van der Waals surface area contributed by atoms with Gasteiger partial charge in [-0.25, -0.2) is 4.98 Å². The van der Waals surface area contributed by atoms with Gasteiger partial charge in [-0.1, -0.05) is 24.9 Å². The topological polar surface area (TPSA) is 105 Å². The molecule has 0 saturated heterocycles. The lowest BCUT2D eigenvalue weighted by Gasteiger charge is -2.14. The molecule has 0 saturated carbocycles. The smallest absolute Gasteiger partial charge is 0.319 e. The first kappa shape index (κ1) is 16.3. The number of pyridine rings is 1. The molecular formula is C12H16ClN3O4. The molecule has 0 aliphatic carbocycles. The van der Waals surface area contributed by atoms with Crippen LogP contribution in [0.4, 0.5) is 5.69 Å². The van der Waals surface area contributed by atoms with Crippen LogP contribution < -0.4 is 5.32 Å². The second kappa shape index (κ2) is 7.76. The molecule has 0 aliphatic rings. The van der Waals surface area contributed by atoms with E-state index >= 15 is 0 Å². The van der Waals surface area contributed by atoms with E-state index in [0.29, 0.717) is 13.0 Å². The number of aliphatic hydroxyl groups is 1. The average Bonchev–Trinajstić information content (AvgIpc) is 2.42. The SMILES string of the molecule is CCC(CCO)CNC(=O)c1ccnc(Cl)c1[N+](=O)[O-]. The lowest BCUT2D eigenvalue weighted by molar-refractivity contribution is -0.385. The van der Waals surface area contributed by atoms with Crippen molar-refractivity contribution in [3.8, 4) is 0 Å². The fourth-order valence-corrected chi connectivity index (χ4v) is 1.98. The van der Waals surface area contributed by atoms with Crippen molar-refractivity contribution in [1.82, 2.24) is 10.3 Å². The lowest BCUT2D eigenvalue weighted by atomic mass is 10.0. The molecule has 0 aliphatic heterocycles. The van der Waals surface area contributed by atoms with Crippen molar-refractivity contribution in [3.63, 3.8) is 0 Å². The Morgan fingerprint density at radius 1 is 1.65 bits per heavy atom. The summed E-state index contributed by atoms with van der Waals surface area (Å²) < 4.78 is 0. The van der Waals surface area contributed by atoms with E-state index in [2.05, 4.69) is 10.3 Å². The van der Waals surface area contributed by atoms with Crippen LogP contribution in [0.1, 0.15) is 30.1 Å². The maximum atomic E-state index is 12.0. The molecule has 1 amide bonds. The Hall–Kier alpha value is -1.73. The molecule has 110 valence electrons. The van der Waals surface area contributed by atoms with Gasteiger partial charge in [-0.15, -0.1) is 0 Å². The number of halogens is 1. The molecule has 1 heterocycles. The minimum Gasteiger partial charge on any atom is -0.396 e. The Kier molecular flexibility index (Phi) is 6.33. The number of aliphatic hydroxyl groups excluding tert-OH is 1. The van der Waals surface area contributed by atoms with Gasteiger partial charge in [0.25, 0.3) is 5.91 Å². The summed E-state index contributed by atoms with van der Waals surface area (Å²) in [7, 11) is 0. The predicted octanol–water partition coefficient (Wildman–Crippen LogP) is 1.78. The largest absolute Gasteiger partial charge is 0.396 e. The van der Waals surface area contributed by atoms with Gasteiger partial charge in [0.05, 0.1) is 4.92 Å².